The third-order valence-corrected chi connectivity index (χ3v) is 4.16. The van der Waals surface area contributed by atoms with Crippen LogP contribution in [-0.2, 0) is 4.74 Å². The molecule has 0 aliphatic carbocycles. The number of unbranched alkanes of at least 4 members (excludes halogenated alkanes) is 2. The van der Waals surface area contributed by atoms with Crippen molar-refractivity contribution >= 4 is 0 Å². The van der Waals surface area contributed by atoms with Gasteiger partial charge in [0, 0.05) is 13.2 Å². The maximum atomic E-state index is 7.92. The predicted molar refractivity (Wildman–Crippen MR) is 95.9 cm³/mol. The molecule has 0 fully saturated rings. The average molecular weight is 319 g/mol. The first kappa shape index (κ1) is 24.1. The zero-order valence-electron chi connectivity index (χ0n) is 15.8. The fourth-order valence-corrected chi connectivity index (χ4v) is 2.20. The smallest absolute Gasteiger partial charge is 0.151 e. The molecule has 2 atom stereocenters. The average Bonchev–Trinajstić information content (AvgIpc) is 2.54. The van der Waals surface area contributed by atoms with Crippen molar-refractivity contribution in [1.29, 1.82) is 0 Å². The van der Waals surface area contributed by atoms with Gasteiger partial charge >= 0.3 is 0 Å². The molecule has 136 valence electrons. The standard InChI is InChI=1S/C16H34O.C3H8O2/c1-5-9-11-15(7-3)13-17-14-16(8-4)12-10-6-2;1-2-3(4)5/h15-16H,5-14H2,1-4H3;3-5H,2H2,1H3. The Balaban J connectivity index is 0. The van der Waals surface area contributed by atoms with E-state index in [4.69, 9.17) is 14.9 Å². The molecule has 0 aliphatic heterocycles. The van der Waals surface area contributed by atoms with Crippen molar-refractivity contribution in [3.8, 4) is 0 Å². The fraction of sp³-hybridized carbons (Fsp3) is 1.00. The highest BCUT2D eigenvalue weighted by molar-refractivity contribution is 4.59. The van der Waals surface area contributed by atoms with Gasteiger partial charge in [0.2, 0.25) is 0 Å². The lowest BCUT2D eigenvalue weighted by molar-refractivity contribution is -0.0413. The van der Waals surface area contributed by atoms with Gasteiger partial charge in [-0.1, -0.05) is 73.1 Å². The normalized spacial score (nSPS) is 13.6. The van der Waals surface area contributed by atoms with Gasteiger partial charge in [-0.25, -0.2) is 0 Å². The van der Waals surface area contributed by atoms with Crippen LogP contribution in [0.4, 0.5) is 0 Å². The van der Waals surface area contributed by atoms with Crippen LogP contribution in [0.5, 0.6) is 0 Å². The molecule has 0 aromatic heterocycles. The van der Waals surface area contributed by atoms with E-state index >= 15 is 0 Å². The zero-order chi connectivity index (χ0) is 17.2. The van der Waals surface area contributed by atoms with Crippen molar-refractivity contribution in [2.45, 2.75) is 98.7 Å². The number of aliphatic hydroxyl groups excluding tert-OH is 1. The molecule has 0 bridgehead atoms. The summed E-state index contributed by atoms with van der Waals surface area (Å²) in [6.07, 6.45) is 9.86. The van der Waals surface area contributed by atoms with E-state index in [2.05, 4.69) is 27.7 Å². The fourth-order valence-electron chi connectivity index (χ4n) is 2.20. The van der Waals surface area contributed by atoms with E-state index in [1.54, 1.807) is 6.92 Å². The third kappa shape index (κ3) is 17.9. The highest BCUT2D eigenvalue weighted by Crippen LogP contribution is 2.16. The Morgan fingerprint density at radius 1 is 0.682 bits per heavy atom. The first-order valence-corrected chi connectivity index (χ1v) is 9.49. The van der Waals surface area contributed by atoms with E-state index in [9.17, 15) is 0 Å². The van der Waals surface area contributed by atoms with Crippen LogP contribution in [0, 0.1) is 11.8 Å². The molecule has 0 aromatic carbocycles. The highest BCUT2D eigenvalue weighted by atomic mass is 16.5. The molecule has 0 rings (SSSR count). The second-order valence-corrected chi connectivity index (χ2v) is 6.26. The lowest BCUT2D eigenvalue weighted by atomic mass is 9.99. The van der Waals surface area contributed by atoms with E-state index in [1.165, 1.54) is 51.4 Å². The van der Waals surface area contributed by atoms with Crippen molar-refractivity contribution in [3.63, 3.8) is 0 Å². The van der Waals surface area contributed by atoms with Crippen LogP contribution in [-0.4, -0.2) is 29.7 Å². The largest absolute Gasteiger partial charge is 0.381 e. The molecule has 0 aliphatic rings. The van der Waals surface area contributed by atoms with Crippen molar-refractivity contribution < 1.29 is 14.9 Å². The van der Waals surface area contributed by atoms with E-state index in [0.29, 0.717) is 6.42 Å². The molecule has 22 heavy (non-hydrogen) atoms. The summed E-state index contributed by atoms with van der Waals surface area (Å²) in [5, 5.41) is 15.8. The van der Waals surface area contributed by atoms with Crippen LogP contribution in [0.3, 0.4) is 0 Å². The lowest BCUT2D eigenvalue weighted by Gasteiger charge is -2.18. The molecule has 0 aromatic rings. The minimum absolute atomic E-state index is 0.417. The molecule has 3 heteroatoms. The number of ether oxygens (including phenoxy) is 1. The molecular formula is C19H42O3. The summed E-state index contributed by atoms with van der Waals surface area (Å²) in [4.78, 5) is 0. The van der Waals surface area contributed by atoms with Gasteiger partial charge in [0.05, 0.1) is 0 Å². The lowest BCUT2D eigenvalue weighted by Crippen LogP contribution is -2.14. The number of hydrogen-bond donors (Lipinski definition) is 2. The van der Waals surface area contributed by atoms with Crippen LogP contribution in [0.2, 0.25) is 0 Å². The van der Waals surface area contributed by atoms with Gasteiger partial charge in [0.1, 0.15) is 0 Å². The molecule has 0 saturated carbocycles. The molecule has 2 N–H and O–H groups in total. The third-order valence-electron chi connectivity index (χ3n) is 4.16. The topological polar surface area (TPSA) is 49.7 Å². The Labute approximate surface area is 139 Å². The SMILES string of the molecule is CCC(O)O.CCCCC(CC)COCC(CC)CCCC. The quantitative estimate of drug-likeness (QED) is 0.462. The van der Waals surface area contributed by atoms with Crippen LogP contribution in [0.15, 0.2) is 0 Å². The van der Waals surface area contributed by atoms with Gasteiger partial charge in [-0.15, -0.1) is 0 Å². The van der Waals surface area contributed by atoms with Crippen LogP contribution < -0.4 is 0 Å². The molecule has 0 saturated heterocycles. The molecule has 0 heterocycles. The number of aliphatic hydroxyl groups is 2. The first-order chi connectivity index (χ1) is 10.5. The zero-order valence-corrected chi connectivity index (χ0v) is 15.8. The molecule has 0 radical (unpaired) electrons. The molecular weight excluding hydrogens is 276 g/mol. The van der Waals surface area contributed by atoms with Crippen LogP contribution >= 0.6 is 0 Å². The van der Waals surface area contributed by atoms with Crippen molar-refractivity contribution in [2.24, 2.45) is 11.8 Å². The van der Waals surface area contributed by atoms with Gasteiger partial charge in [-0.3, -0.25) is 0 Å². The van der Waals surface area contributed by atoms with Gasteiger partial charge in [0.25, 0.3) is 0 Å². The summed E-state index contributed by atoms with van der Waals surface area (Å²) in [5.74, 6) is 1.58. The second kappa shape index (κ2) is 18.9. The Kier molecular flexibility index (Phi) is 20.8. The van der Waals surface area contributed by atoms with E-state index in [0.717, 1.165) is 25.0 Å². The van der Waals surface area contributed by atoms with E-state index in [1.807, 2.05) is 0 Å². The Morgan fingerprint density at radius 3 is 1.27 bits per heavy atom. The summed E-state index contributed by atoms with van der Waals surface area (Å²) in [6.45, 7) is 12.8. The predicted octanol–water partition coefficient (Wildman–Crippen LogP) is 5.14. The number of rotatable bonds is 13. The summed E-state index contributed by atoms with van der Waals surface area (Å²) in [7, 11) is 0. The maximum Gasteiger partial charge on any atom is 0.151 e. The van der Waals surface area contributed by atoms with Gasteiger partial charge < -0.3 is 14.9 Å². The van der Waals surface area contributed by atoms with Crippen LogP contribution in [0.1, 0.15) is 92.4 Å². The summed E-state index contributed by atoms with van der Waals surface area (Å²) in [5.41, 5.74) is 0. The van der Waals surface area contributed by atoms with Crippen molar-refractivity contribution in [2.75, 3.05) is 13.2 Å². The van der Waals surface area contributed by atoms with Gasteiger partial charge in [-0.2, -0.15) is 0 Å². The van der Waals surface area contributed by atoms with Crippen LogP contribution in [0.25, 0.3) is 0 Å². The van der Waals surface area contributed by atoms with Crippen molar-refractivity contribution in [3.05, 3.63) is 0 Å². The van der Waals surface area contributed by atoms with E-state index in [-0.39, 0.29) is 0 Å². The second-order valence-electron chi connectivity index (χ2n) is 6.26. The molecule has 0 amide bonds. The molecule has 2 unspecified atom stereocenters. The number of hydrogen-bond acceptors (Lipinski definition) is 3. The van der Waals surface area contributed by atoms with E-state index < -0.39 is 6.29 Å². The first-order valence-electron chi connectivity index (χ1n) is 9.49. The Hall–Kier alpha value is -0.120. The Bertz CT molecular complexity index is 179. The summed E-state index contributed by atoms with van der Waals surface area (Å²) in [6, 6.07) is 0. The minimum atomic E-state index is -1.12. The monoisotopic (exact) mass is 318 g/mol. The molecule has 0 spiro atoms. The minimum Gasteiger partial charge on any atom is -0.381 e. The van der Waals surface area contributed by atoms with Crippen molar-refractivity contribution in [1.82, 2.24) is 0 Å². The highest BCUT2D eigenvalue weighted by Gasteiger charge is 2.09. The molecule has 3 nitrogen and oxygen atoms in total. The summed E-state index contributed by atoms with van der Waals surface area (Å²) >= 11 is 0. The van der Waals surface area contributed by atoms with Gasteiger partial charge in [-0.05, 0) is 31.1 Å². The Morgan fingerprint density at radius 2 is 1.05 bits per heavy atom. The van der Waals surface area contributed by atoms with Gasteiger partial charge in [0.15, 0.2) is 6.29 Å². The maximum absolute atomic E-state index is 7.92. The summed E-state index contributed by atoms with van der Waals surface area (Å²) < 4.78 is 5.93.